The first-order valence-electron chi connectivity index (χ1n) is 10.5. The van der Waals surface area contributed by atoms with Crippen LogP contribution in [0.25, 0.3) is 0 Å². The van der Waals surface area contributed by atoms with Gasteiger partial charge in [0.1, 0.15) is 0 Å². The summed E-state index contributed by atoms with van der Waals surface area (Å²) in [5.74, 6) is 2.12. The van der Waals surface area contributed by atoms with E-state index in [9.17, 15) is 5.11 Å². The topological polar surface area (TPSA) is 71.6 Å². The van der Waals surface area contributed by atoms with Gasteiger partial charge in [-0.15, -0.1) is 0 Å². The molecule has 6 nitrogen and oxygen atoms in total. The summed E-state index contributed by atoms with van der Waals surface area (Å²) in [6.07, 6.45) is 5.67. The highest BCUT2D eigenvalue weighted by Crippen LogP contribution is 2.50. The lowest BCUT2D eigenvalue weighted by atomic mass is 9.80. The smallest absolute Gasteiger partial charge is 0.234 e. The third-order valence-electron chi connectivity index (χ3n) is 6.98. The molecular weight excluding hydrogens is 354 g/mol. The van der Waals surface area contributed by atoms with E-state index >= 15 is 0 Å². The maximum Gasteiger partial charge on any atom is 0.234 e. The molecule has 2 saturated heterocycles. The number of aliphatic hydroxyl groups is 1. The summed E-state index contributed by atoms with van der Waals surface area (Å²) in [5, 5.41) is 15.2. The summed E-state index contributed by atoms with van der Waals surface area (Å²) in [7, 11) is 0. The van der Waals surface area contributed by atoms with Crippen LogP contribution in [0.1, 0.15) is 49.4 Å². The van der Waals surface area contributed by atoms with E-state index in [1.807, 2.05) is 18.2 Å². The third-order valence-corrected chi connectivity index (χ3v) is 6.98. The Bertz CT molecular complexity index is 802. The molecule has 3 heterocycles. The Hall–Kier alpha value is -1.76. The lowest BCUT2D eigenvalue weighted by molar-refractivity contribution is -0.0782. The number of hydrogen-bond acceptors (Lipinski definition) is 6. The van der Waals surface area contributed by atoms with Gasteiger partial charge in [0.15, 0.2) is 5.82 Å². The van der Waals surface area contributed by atoms with E-state index in [4.69, 9.17) is 14.2 Å². The number of benzene rings is 1. The summed E-state index contributed by atoms with van der Waals surface area (Å²) < 4.78 is 11.3. The SMILES string of the molecule is OC1(CN2C[C@H]3CCC[C@@]3(c3nc(Cc4ccccc4)no3)C2)CCOCC1. The van der Waals surface area contributed by atoms with E-state index in [2.05, 4.69) is 22.2 Å². The molecule has 150 valence electrons. The first-order chi connectivity index (χ1) is 13.7. The molecule has 3 fully saturated rings. The van der Waals surface area contributed by atoms with Crippen LogP contribution >= 0.6 is 0 Å². The summed E-state index contributed by atoms with van der Waals surface area (Å²) in [4.78, 5) is 7.26. The Balaban J connectivity index is 1.32. The molecule has 3 aliphatic rings. The molecule has 1 aromatic heterocycles. The number of hydrogen-bond donors (Lipinski definition) is 1. The van der Waals surface area contributed by atoms with Gasteiger partial charge in [0, 0.05) is 52.1 Å². The standard InChI is InChI=1S/C22H29N3O3/c26-21(9-11-27-12-10-21)15-25-14-18-7-4-8-22(18,16-25)20-23-19(24-28-20)13-17-5-2-1-3-6-17/h1-3,5-6,18,26H,4,7-16H2/t18-,22-/m1/s1. The van der Waals surface area contributed by atoms with Crippen LogP contribution in [0.15, 0.2) is 34.9 Å². The minimum atomic E-state index is -0.620. The lowest BCUT2D eigenvalue weighted by Gasteiger charge is -2.36. The highest BCUT2D eigenvalue weighted by atomic mass is 16.5. The van der Waals surface area contributed by atoms with Gasteiger partial charge in [-0.3, -0.25) is 4.90 Å². The average molecular weight is 383 g/mol. The first kappa shape index (κ1) is 18.3. The molecule has 6 heteroatoms. The predicted molar refractivity (Wildman–Crippen MR) is 104 cm³/mol. The minimum absolute atomic E-state index is 0.0382. The fourth-order valence-corrected chi connectivity index (χ4v) is 5.50. The number of ether oxygens (including phenoxy) is 1. The normalized spacial score (nSPS) is 29.8. The Morgan fingerprint density at radius 2 is 1.96 bits per heavy atom. The zero-order chi connectivity index (χ0) is 19.0. The molecule has 0 spiro atoms. The molecule has 2 atom stereocenters. The van der Waals surface area contributed by atoms with E-state index in [-0.39, 0.29) is 5.41 Å². The summed E-state index contributed by atoms with van der Waals surface area (Å²) in [5.41, 5.74) is 0.541. The number of aromatic nitrogens is 2. The molecule has 1 saturated carbocycles. The van der Waals surface area contributed by atoms with Crippen molar-refractivity contribution in [3.8, 4) is 0 Å². The number of fused-ring (bicyclic) bond motifs is 1. The monoisotopic (exact) mass is 383 g/mol. The Kier molecular flexibility index (Phi) is 4.73. The van der Waals surface area contributed by atoms with Gasteiger partial charge in [-0.1, -0.05) is 41.9 Å². The van der Waals surface area contributed by atoms with Gasteiger partial charge in [-0.05, 0) is 24.3 Å². The van der Waals surface area contributed by atoms with E-state index in [1.165, 1.54) is 18.4 Å². The lowest BCUT2D eigenvalue weighted by Crippen LogP contribution is -2.47. The van der Waals surface area contributed by atoms with Crippen molar-refractivity contribution in [1.82, 2.24) is 15.0 Å². The largest absolute Gasteiger partial charge is 0.388 e. The molecule has 0 unspecified atom stereocenters. The van der Waals surface area contributed by atoms with Crippen LogP contribution in [0.5, 0.6) is 0 Å². The van der Waals surface area contributed by atoms with Crippen LogP contribution < -0.4 is 0 Å². The molecule has 0 bridgehead atoms. The van der Waals surface area contributed by atoms with Crippen molar-refractivity contribution in [2.24, 2.45) is 5.92 Å². The highest BCUT2D eigenvalue weighted by molar-refractivity contribution is 5.21. The molecule has 0 radical (unpaired) electrons. The van der Waals surface area contributed by atoms with E-state index in [0.717, 1.165) is 50.6 Å². The molecule has 2 aromatic rings. The maximum absolute atomic E-state index is 10.9. The van der Waals surface area contributed by atoms with Crippen molar-refractivity contribution >= 4 is 0 Å². The Morgan fingerprint density at radius 1 is 1.14 bits per heavy atom. The van der Waals surface area contributed by atoms with Crippen molar-refractivity contribution in [3.63, 3.8) is 0 Å². The van der Waals surface area contributed by atoms with Crippen LogP contribution in [-0.2, 0) is 16.6 Å². The first-order valence-corrected chi connectivity index (χ1v) is 10.5. The summed E-state index contributed by atoms with van der Waals surface area (Å²) in [6, 6.07) is 10.3. The number of likely N-dealkylation sites (tertiary alicyclic amines) is 1. The fraction of sp³-hybridized carbons (Fsp3) is 0.636. The van der Waals surface area contributed by atoms with Gasteiger partial charge >= 0.3 is 0 Å². The van der Waals surface area contributed by atoms with Gasteiger partial charge in [0.2, 0.25) is 5.89 Å². The quantitative estimate of drug-likeness (QED) is 0.856. The number of β-amino-alcohol motifs (C(OH)–C–C–N with tert-alkyl or cyclic N) is 1. The Morgan fingerprint density at radius 3 is 2.79 bits per heavy atom. The van der Waals surface area contributed by atoms with Gasteiger partial charge in [-0.2, -0.15) is 4.98 Å². The summed E-state index contributed by atoms with van der Waals surface area (Å²) in [6.45, 7) is 3.96. The number of rotatable bonds is 5. The van der Waals surface area contributed by atoms with Crippen LogP contribution in [0.4, 0.5) is 0 Å². The molecule has 1 aromatic carbocycles. The van der Waals surface area contributed by atoms with Crippen molar-refractivity contribution in [3.05, 3.63) is 47.6 Å². The van der Waals surface area contributed by atoms with Crippen LogP contribution in [0.2, 0.25) is 0 Å². The molecule has 0 amide bonds. The van der Waals surface area contributed by atoms with Crippen LogP contribution in [0.3, 0.4) is 0 Å². The van der Waals surface area contributed by atoms with Crippen molar-refractivity contribution < 1.29 is 14.4 Å². The second-order valence-corrected chi connectivity index (χ2v) is 8.93. The minimum Gasteiger partial charge on any atom is -0.388 e. The second-order valence-electron chi connectivity index (χ2n) is 8.93. The second kappa shape index (κ2) is 7.25. The van der Waals surface area contributed by atoms with Gasteiger partial charge in [0.05, 0.1) is 11.0 Å². The zero-order valence-corrected chi connectivity index (χ0v) is 16.3. The van der Waals surface area contributed by atoms with E-state index < -0.39 is 5.60 Å². The van der Waals surface area contributed by atoms with Gasteiger partial charge in [-0.25, -0.2) is 0 Å². The third kappa shape index (κ3) is 3.38. The van der Waals surface area contributed by atoms with Crippen molar-refractivity contribution in [2.45, 2.75) is 49.5 Å². The fourth-order valence-electron chi connectivity index (χ4n) is 5.50. The average Bonchev–Trinajstić information content (AvgIpc) is 3.37. The molecule has 2 aliphatic heterocycles. The molecule has 1 aliphatic carbocycles. The van der Waals surface area contributed by atoms with Crippen LogP contribution in [-0.4, -0.2) is 58.6 Å². The highest BCUT2D eigenvalue weighted by Gasteiger charge is 2.55. The zero-order valence-electron chi connectivity index (χ0n) is 16.3. The maximum atomic E-state index is 10.9. The Labute approximate surface area is 165 Å². The van der Waals surface area contributed by atoms with Crippen LogP contribution in [0, 0.1) is 5.92 Å². The van der Waals surface area contributed by atoms with Gasteiger partial charge in [0.25, 0.3) is 0 Å². The number of nitrogens with zero attached hydrogens (tertiary/aromatic N) is 3. The van der Waals surface area contributed by atoms with Gasteiger partial charge < -0.3 is 14.4 Å². The molecule has 5 rings (SSSR count). The molecular formula is C22H29N3O3. The van der Waals surface area contributed by atoms with Crippen molar-refractivity contribution in [1.29, 1.82) is 0 Å². The van der Waals surface area contributed by atoms with E-state index in [1.54, 1.807) is 0 Å². The summed E-state index contributed by atoms with van der Waals surface area (Å²) >= 11 is 0. The van der Waals surface area contributed by atoms with E-state index in [0.29, 0.717) is 25.6 Å². The molecule has 28 heavy (non-hydrogen) atoms. The predicted octanol–water partition coefficient (Wildman–Crippen LogP) is 2.56. The molecule has 1 N–H and O–H groups in total. The van der Waals surface area contributed by atoms with Crippen molar-refractivity contribution in [2.75, 3.05) is 32.8 Å².